The van der Waals surface area contributed by atoms with Crippen molar-refractivity contribution in [2.24, 2.45) is 0 Å². The van der Waals surface area contributed by atoms with Crippen molar-refractivity contribution in [2.45, 2.75) is 32.6 Å². The minimum absolute atomic E-state index is 0.0884. The molecular weight excluding hydrogens is 736 g/mol. The second-order valence-corrected chi connectivity index (χ2v) is 11.7. The van der Waals surface area contributed by atoms with Crippen LogP contribution in [-0.2, 0) is 28.7 Å². The van der Waals surface area contributed by atoms with Crippen LogP contribution in [-0.4, -0.2) is 64.5 Å². The van der Waals surface area contributed by atoms with Crippen molar-refractivity contribution in [3.8, 4) is 40.6 Å². The Bertz CT molecular complexity index is 2090. The largest absolute Gasteiger partial charge is 0.493 e. The molecule has 0 aromatic heterocycles. The Labute approximate surface area is 330 Å². The molecule has 0 spiro atoms. The highest BCUT2D eigenvalue weighted by atomic mass is 16.6. The Morgan fingerprint density at radius 3 is 1.67 bits per heavy atom. The molecule has 3 aromatic carbocycles. The quantitative estimate of drug-likeness (QED) is 0.0252. The molecule has 0 aliphatic rings. The zero-order valence-electron chi connectivity index (χ0n) is 31.9. The lowest BCUT2D eigenvalue weighted by Gasteiger charge is -2.12. The van der Waals surface area contributed by atoms with Crippen LogP contribution in [0.15, 0.2) is 91.2 Å². The highest BCUT2D eigenvalue weighted by Gasteiger charge is 2.18. The number of benzene rings is 3. The number of esters is 4. The summed E-state index contributed by atoms with van der Waals surface area (Å²) in [6.07, 6.45) is 7.32. The van der Waals surface area contributed by atoms with Gasteiger partial charge in [-0.2, -0.15) is 5.26 Å². The first-order chi connectivity index (χ1) is 27.5. The van der Waals surface area contributed by atoms with Crippen molar-refractivity contribution < 1.29 is 57.1 Å². The molecule has 0 saturated carbocycles. The Balaban J connectivity index is 1.60. The molecule has 0 amide bonds. The number of ether oxygens (including phenoxy) is 8. The van der Waals surface area contributed by atoms with Crippen molar-refractivity contribution in [2.75, 3.05) is 40.6 Å². The third kappa shape index (κ3) is 14.4. The number of nitriles is 1. The molecule has 0 radical (unpaired) electrons. The first-order valence-corrected chi connectivity index (χ1v) is 17.5. The predicted molar refractivity (Wildman–Crippen MR) is 208 cm³/mol. The number of aryl methyl sites for hydroxylation is 1. The Kier molecular flexibility index (Phi) is 18.1. The van der Waals surface area contributed by atoms with Crippen LogP contribution in [0.1, 0.15) is 42.4 Å². The van der Waals surface area contributed by atoms with Gasteiger partial charge in [0.25, 0.3) is 5.70 Å². The van der Waals surface area contributed by atoms with E-state index in [-0.39, 0.29) is 36.0 Å². The SMILES string of the molecule is [C-]#[N+]/C(=C\c1ccc(OCCCCOC(=O)C=C)c(OC)c1)C(=O)Oc1ccc(OC(=O)/C(C#N)=C/c2ccc(OCCCCOC(=O)C=C)c(OC)c2)cc1C. The van der Waals surface area contributed by atoms with Gasteiger partial charge in [-0.3, -0.25) is 4.79 Å². The normalized spacial score (nSPS) is 10.8. The van der Waals surface area contributed by atoms with Gasteiger partial charge in [0.1, 0.15) is 23.1 Å². The smallest absolute Gasteiger partial charge is 0.354 e. The highest BCUT2D eigenvalue weighted by molar-refractivity contribution is 5.99. The van der Waals surface area contributed by atoms with E-state index in [9.17, 15) is 24.4 Å². The highest BCUT2D eigenvalue weighted by Crippen LogP contribution is 2.31. The van der Waals surface area contributed by atoms with Crippen LogP contribution in [0.3, 0.4) is 0 Å². The van der Waals surface area contributed by atoms with Crippen molar-refractivity contribution in [3.05, 3.63) is 119 Å². The van der Waals surface area contributed by atoms with Gasteiger partial charge in [-0.05, 0) is 104 Å². The summed E-state index contributed by atoms with van der Waals surface area (Å²) in [5, 5.41) is 9.73. The van der Waals surface area contributed by atoms with Crippen molar-refractivity contribution >= 4 is 36.0 Å². The molecule has 0 unspecified atom stereocenters. The molecule has 0 fully saturated rings. The molecule has 3 rings (SSSR count). The van der Waals surface area contributed by atoms with E-state index in [1.165, 1.54) is 44.6 Å². The number of carbonyl (C=O) groups is 4. The number of rotatable bonds is 22. The summed E-state index contributed by atoms with van der Waals surface area (Å²) in [5.41, 5.74) is 0.782. The summed E-state index contributed by atoms with van der Waals surface area (Å²) < 4.78 is 43.2. The summed E-state index contributed by atoms with van der Waals surface area (Å²) in [6.45, 7) is 17.1. The fraction of sp³-hybridized carbons (Fsp3) is 0.256. The fourth-order valence-electron chi connectivity index (χ4n) is 4.73. The van der Waals surface area contributed by atoms with Crippen LogP contribution in [0.4, 0.5) is 0 Å². The van der Waals surface area contributed by atoms with E-state index in [2.05, 4.69) is 18.0 Å². The average molecular weight is 779 g/mol. The molecule has 14 heteroatoms. The molecule has 296 valence electrons. The van der Waals surface area contributed by atoms with Gasteiger partial charge in [-0.25, -0.2) is 19.2 Å². The lowest BCUT2D eigenvalue weighted by atomic mass is 10.1. The number of hydrogen-bond acceptors (Lipinski definition) is 13. The number of nitrogens with zero attached hydrogens (tertiary/aromatic N) is 2. The third-order valence-corrected chi connectivity index (χ3v) is 7.63. The van der Waals surface area contributed by atoms with Gasteiger partial charge in [-0.15, -0.1) is 0 Å². The Morgan fingerprint density at radius 1 is 0.684 bits per heavy atom. The lowest BCUT2D eigenvalue weighted by molar-refractivity contribution is -0.138. The van der Waals surface area contributed by atoms with E-state index in [0.29, 0.717) is 78.6 Å². The summed E-state index contributed by atoms with van der Waals surface area (Å²) in [6, 6.07) is 15.9. The van der Waals surface area contributed by atoms with E-state index < -0.39 is 23.9 Å². The van der Waals surface area contributed by atoms with Gasteiger partial charge in [0.2, 0.25) is 0 Å². The maximum absolute atomic E-state index is 13.0. The molecule has 0 atom stereocenters. The Morgan fingerprint density at radius 2 is 1.19 bits per heavy atom. The molecular formula is C43H42N2O12. The lowest BCUT2D eigenvalue weighted by Crippen LogP contribution is -2.12. The molecule has 0 N–H and O–H groups in total. The van der Waals surface area contributed by atoms with Gasteiger partial charge < -0.3 is 37.9 Å². The molecule has 0 bridgehead atoms. The molecule has 57 heavy (non-hydrogen) atoms. The topological polar surface area (TPSA) is 170 Å². The standard InChI is InChI=1S/C43H42N2O12/c1-7-40(46)54-21-11-9-19-52-36-16-13-30(26-38(36)50-5)24-32(28-44)42(48)56-33-15-18-35(29(3)23-33)57-43(49)34(45-4)25-31-14-17-37(39(27-31)51-6)53-20-10-12-22-55-41(47)8-2/h7-8,13-18,23-27H,1-2,9-12,19-22H2,3,5-6H3/b32-24+,34-25-. The molecule has 0 aliphatic heterocycles. The second kappa shape index (κ2) is 23.5. The molecule has 0 aliphatic carbocycles. The minimum Gasteiger partial charge on any atom is -0.493 e. The monoisotopic (exact) mass is 778 g/mol. The van der Waals surface area contributed by atoms with Gasteiger partial charge in [-0.1, -0.05) is 25.3 Å². The van der Waals surface area contributed by atoms with E-state index >= 15 is 0 Å². The molecule has 0 heterocycles. The van der Waals surface area contributed by atoms with Crippen LogP contribution in [0.25, 0.3) is 17.0 Å². The van der Waals surface area contributed by atoms with Gasteiger partial charge in [0.05, 0.1) is 47.2 Å². The average Bonchev–Trinajstić information content (AvgIpc) is 3.22. The summed E-state index contributed by atoms with van der Waals surface area (Å²) in [5.74, 6) is -0.935. The van der Waals surface area contributed by atoms with Crippen molar-refractivity contribution in [1.82, 2.24) is 0 Å². The van der Waals surface area contributed by atoms with Crippen molar-refractivity contribution in [3.63, 3.8) is 0 Å². The summed E-state index contributed by atoms with van der Waals surface area (Å²) in [7, 11) is 2.92. The van der Waals surface area contributed by atoms with Gasteiger partial charge in [0.15, 0.2) is 23.0 Å². The minimum atomic E-state index is -0.922. The van der Waals surface area contributed by atoms with Crippen LogP contribution in [0, 0.1) is 24.8 Å². The number of carbonyl (C=O) groups excluding carboxylic acids is 4. The number of hydrogen-bond donors (Lipinski definition) is 0. The van der Waals surface area contributed by atoms with Crippen LogP contribution < -0.4 is 28.4 Å². The van der Waals surface area contributed by atoms with E-state index in [4.69, 9.17) is 44.5 Å². The second-order valence-electron chi connectivity index (χ2n) is 11.7. The summed E-state index contributed by atoms with van der Waals surface area (Å²) >= 11 is 0. The van der Waals surface area contributed by atoms with Crippen LogP contribution >= 0.6 is 0 Å². The Hall–Kier alpha value is -7.32. The van der Waals surface area contributed by atoms with Gasteiger partial charge >= 0.3 is 23.9 Å². The van der Waals surface area contributed by atoms with Crippen LogP contribution in [0.5, 0.6) is 34.5 Å². The summed E-state index contributed by atoms with van der Waals surface area (Å²) in [4.78, 5) is 51.6. The maximum Gasteiger partial charge on any atom is 0.354 e. The number of unbranched alkanes of at least 4 members (excludes halogenated alkanes) is 2. The first-order valence-electron chi connectivity index (χ1n) is 17.5. The maximum atomic E-state index is 13.0. The zero-order valence-corrected chi connectivity index (χ0v) is 31.9. The fourth-order valence-corrected chi connectivity index (χ4v) is 4.73. The molecule has 14 nitrogen and oxygen atoms in total. The van der Waals surface area contributed by atoms with E-state index in [0.717, 1.165) is 12.2 Å². The van der Waals surface area contributed by atoms with E-state index in [1.54, 1.807) is 43.3 Å². The first kappa shape index (κ1) is 44.1. The molecule has 0 saturated heterocycles. The predicted octanol–water partition coefficient (Wildman–Crippen LogP) is 7.17. The number of methoxy groups -OCH3 is 2. The van der Waals surface area contributed by atoms with E-state index in [1.807, 2.05) is 6.07 Å². The van der Waals surface area contributed by atoms with Gasteiger partial charge in [0, 0.05) is 12.2 Å². The molecule has 3 aromatic rings. The third-order valence-electron chi connectivity index (χ3n) is 7.63. The zero-order chi connectivity index (χ0) is 41.6. The van der Waals surface area contributed by atoms with Crippen LogP contribution in [0.2, 0.25) is 0 Å². The van der Waals surface area contributed by atoms with Crippen molar-refractivity contribution in [1.29, 1.82) is 5.26 Å².